The third-order valence-electron chi connectivity index (χ3n) is 5.17. The van der Waals surface area contributed by atoms with Gasteiger partial charge in [0, 0.05) is 6.54 Å². The van der Waals surface area contributed by atoms with Crippen molar-refractivity contribution in [3.63, 3.8) is 0 Å². The number of hydrogen-bond acceptors (Lipinski definition) is 6. The maximum Gasteiger partial charge on any atom is 0.272 e. The molecule has 0 aliphatic rings. The molecule has 8 heteroatoms. The molecule has 0 bridgehead atoms. The number of amides is 1. The normalized spacial score (nSPS) is 10.9. The summed E-state index contributed by atoms with van der Waals surface area (Å²) >= 11 is 2.67. The third kappa shape index (κ3) is 6.03. The van der Waals surface area contributed by atoms with Gasteiger partial charge in [0.2, 0.25) is 5.91 Å². The molecule has 0 saturated heterocycles. The number of methoxy groups -OCH3 is 1. The third-order valence-corrected chi connectivity index (χ3v) is 7.04. The molecule has 0 fully saturated rings. The van der Waals surface area contributed by atoms with Gasteiger partial charge < -0.3 is 10.1 Å². The summed E-state index contributed by atoms with van der Waals surface area (Å²) in [6, 6.07) is 19.7. The SMILES string of the molecule is COc1ccc(Cn2c(SCC(=O)NCCCc3ccccc3)nc3ccsc3c2=O)cc1. The molecule has 1 N–H and O–H groups in total. The fourth-order valence-electron chi connectivity index (χ4n) is 3.43. The van der Waals surface area contributed by atoms with E-state index in [4.69, 9.17) is 4.74 Å². The summed E-state index contributed by atoms with van der Waals surface area (Å²) in [6.07, 6.45) is 1.80. The summed E-state index contributed by atoms with van der Waals surface area (Å²) in [5.41, 5.74) is 2.80. The van der Waals surface area contributed by atoms with Crippen LogP contribution in [0.15, 0.2) is 76.0 Å². The van der Waals surface area contributed by atoms with Gasteiger partial charge in [-0.15, -0.1) is 11.3 Å². The number of nitrogens with one attached hydrogen (secondary N) is 1. The Kier molecular flexibility index (Phi) is 7.80. The Morgan fingerprint density at radius 3 is 2.64 bits per heavy atom. The van der Waals surface area contributed by atoms with Gasteiger partial charge in [-0.25, -0.2) is 4.98 Å². The van der Waals surface area contributed by atoms with E-state index in [1.165, 1.54) is 28.7 Å². The van der Waals surface area contributed by atoms with Crippen LogP contribution in [0.2, 0.25) is 0 Å². The minimum absolute atomic E-state index is 0.0660. The van der Waals surface area contributed by atoms with Crippen LogP contribution in [0.5, 0.6) is 5.75 Å². The molecule has 1 amide bonds. The highest BCUT2D eigenvalue weighted by molar-refractivity contribution is 7.99. The van der Waals surface area contributed by atoms with Crippen LogP contribution in [-0.4, -0.2) is 34.9 Å². The lowest BCUT2D eigenvalue weighted by atomic mass is 10.1. The van der Waals surface area contributed by atoms with Gasteiger partial charge >= 0.3 is 0 Å². The maximum absolute atomic E-state index is 13.1. The van der Waals surface area contributed by atoms with Gasteiger partial charge in [-0.2, -0.15) is 0 Å². The zero-order valence-corrected chi connectivity index (χ0v) is 20.0. The van der Waals surface area contributed by atoms with Crippen molar-refractivity contribution in [3.05, 3.63) is 87.5 Å². The van der Waals surface area contributed by atoms with Crippen molar-refractivity contribution >= 4 is 39.2 Å². The fourth-order valence-corrected chi connectivity index (χ4v) is 5.04. The molecule has 0 aliphatic heterocycles. The number of nitrogens with zero attached hydrogens (tertiary/aromatic N) is 2. The summed E-state index contributed by atoms with van der Waals surface area (Å²) in [5.74, 6) is 0.899. The van der Waals surface area contributed by atoms with Crippen molar-refractivity contribution in [1.82, 2.24) is 14.9 Å². The fraction of sp³-hybridized carbons (Fsp3) is 0.240. The number of ether oxygens (including phenoxy) is 1. The molecule has 0 spiro atoms. The van der Waals surface area contributed by atoms with Crippen molar-refractivity contribution in [2.75, 3.05) is 19.4 Å². The molecule has 4 rings (SSSR count). The lowest BCUT2D eigenvalue weighted by Gasteiger charge is -2.12. The molecule has 33 heavy (non-hydrogen) atoms. The van der Waals surface area contributed by atoms with Crippen LogP contribution in [0.4, 0.5) is 0 Å². The molecule has 0 aliphatic carbocycles. The lowest BCUT2D eigenvalue weighted by molar-refractivity contribution is -0.118. The van der Waals surface area contributed by atoms with Crippen molar-refractivity contribution < 1.29 is 9.53 Å². The number of carbonyl (C=O) groups is 1. The number of rotatable bonds is 10. The van der Waals surface area contributed by atoms with Crippen molar-refractivity contribution in [1.29, 1.82) is 0 Å². The quantitative estimate of drug-likeness (QED) is 0.208. The first-order chi connectivity index (χ1) is 16.1. The van der Waals surface area contributed by atoms with E-state index in [2.05, 4.69) is 22.4 Å². The van der Waals surface area contributed by atoms with Gasteiger partial charge in [0.1, 0.15) is 10.4 Å². The number of benzene rings is 2. The van der Waals surface area contributed by atoms with Crippen LogP contribution in [-0.2, 0) is 17.8 Å². The molecule has 0 saturated carbocycles. The van der Waals surface area contributed by atoms with Gasteiger partial charge in [0.15, 0.2) is 5.16 Å². The monoisotopic (exact) mass is 479 g/mol. The predicted molar refractivity (Wildman–Crippen MR) is 134 cm³/mol. The molecule has 2 heterocycles. The molecular weight excluding hydrogens is 454 g/mol. The van der Waals surface area contributed by atoms with E-state index < -0.39 is 0 Å². The Morgan fingerprint density at radius 2 is 1.88 bits per heavy atom. The van der Waals surface area contributed by atoms with Crippen LogP contribution in [0.1, 0.15) is 17.5 Å². The zero-order valence-electron chi connectivity index (χ0n) is 18.3. The van der Waals surface area contributed by atoms with Crippen LogP contribution in [0, 0.1) is 0 Å². The lowest BCUT2D eigenvalue weighted by Crippen LogP contribution is -2.28. The van der Waals surface area contributed by atoms with Gasteiger partial charge in [-0.05, 0) is 47.5 Å². The molecular formula is C25H25N3O3S2. The first kappa shape index (κ1) is 23.1. The second-order valence-corrected chi connectivity index (χ2v) is 9.36. The predicted octanol–water partition coefficient (Wildman–Crippen LogP) is 4.36. The van der Waals surface area contributed by atoms with E-state index in [1.54, 1.807) is 11.7 Å². The maximum atomic E-state index is 13.1. The van der Waals surface area contributed by atoms with E-state index in [-0.39, 0.29) is 17.2 Å². The Bertz CT molecular complexity index is 1270. The number of thiophene rings is 1. The Labute approximate surface area is 200 Å². The Balaban J connectivity index is 1.41. The van der Waals surface area contributed by atoms with Crippen LogP contribution in [0.25, 0.3) is 10.2 Å². The molecule has 2 aromatic heterocycles. The molecule has 4 aromatic rings. The number of hydrogen-bond donors (Lipinski definition) is 1. The summed E-state index contributed by atoms with van der Waals surface area (Å²) in [7, 11) is 1.62. The molecule has 6 nitrogen and oxygen atoms in total. The number of aromatic nitrogens is 2. The summed E-state index contributed by atoms with van der Waals surface area (Å²) < 4.78 is 7.49. The first-order valence-electron chi connectivity index (χ1n) is 10.7. The highest BCUT2D eigenvalue weighted by atomic mass is 32.2. The Morgan fingerprint density at radius 1 is 1.09 bits per heavy atom. The van der Waals surface area contributed by atoms with E-state index in [0.29, 0.717) is 28.5 Å². The molecule has 2 aromatic carbocycles. The van der Waals surface area contributed by atoms with Crippen LogP contribution < -0.4 is 15.6 Å². The van der Waals surface area contributed by atoms with E-state index in [0.717, 1.165) is 24.2 Å². The zero-order chi connectivity index (χ0) is 23.0. The summed E-state index contributed by atoms with van der Waals surface area (Å²) in [6.45, 7) is 0.995. The average molecular weight is 480 g/mol. The molecule has 0 unspecified atom stereocenters. The number of thioether (sulfide) groups is 1. The highest BCUT2D eigenvalue weighted by Gasteiger charge is 2.15. The standard InChI is InChI=1S/C25H25N3O3S2/c1-31-20-11-9-19(10-12-20)16-28-24(30)23-21(13-15-32-23)27-25(28)33-17-22(29)26-14-5-8-18-6-3-2-4-7-18/h2-4,6-7,9-13,15H,5,8,14,16-17H2,1H3,(H,26,29). The second-order valence-electron chi connectivity index (χ2n) is 7.50. The van der Waals surface area contributed by atoms with Gasteiger partial charge in [-0.1, -0.05) is 54.2 Å². The van der Waals surface area contributed by atoms with Crippen molar-refractivity contribution in [3.8, 4) is 5.75 Å². The summed E-state index contributed by atoms with van der Waals surface area (Å²) in [5, 5.41) is 5.37. The minimum atomic E-state index is -0.0865. The number of aryl methyl sites for hydroxylation is 1. The van der Waals surface area contributed by atoms with Crippen LogP contribution >= 0.6 is 23.1 Å². The second kappa shape index (κ2) is 11.2. The number of fused-ring (bicyclic) bond motifs is 1. The minimum Gasteiger partial charge on any atom is -0.497 e. The smallest absolute Gasteiger partial charge is 0.272 e. The first-order valence-corrected chi connectivity index (χ1v) is 12.5. The molecule has 170 valence electrons. The van der Waals surface area contributed by atoms with Gasteiger partial charge in [-0.3, -0.25) is 14.2 Å². The van der Waals surface area contributed by atoms with E-state index >= 15 is 0 Å². The molecule has 0 atom stereocenters. The van der Waals surface area contributed by atoms with Crippen LogP contribution in [0.3, 0.4) is 0 Å². The average Bonchev–Trinajstić information content (AvgIpc) is 3.32. The Hall–Kier alpha value is -3.10. The van der Waals surface area contributed by atoms with E-state index in [1.807, 2.05) is 53.9 Å². The largest absolute Gasteiger partial charge is 0.497 e. The van der Waals surface area contributed by atoms with Gasteiger partial charge in [0.25, 0.3) is 5.56 Å². The summed E-state index contributed by atoms with van der Waals surface area (Å²) in [4.78, 5) is 30.2. The number of carbonyl (C=O) groups excluding carboxylic acids is 1. The van der Waals surface area contributed by atoms with Crippen molar-refractivity contribution in [2.24, 2.45) is 0 Å². The van der Waals surface area contributed by atoms with E-state index in [9.17, 15) is 9.59 Å². The molecule has 0 radical (unpaired) electrons. The topological polar surface area (TPSA) is 73.2 Å². The van der Waals surface area contributed by atoms with Gasteiger partial charge in [0.05, 0.1) is 24.9 Å². The van der Waals surface area contributed by atoms with Crippen molar-refractivity contribution in [2.45, 2.75) is 24.5 Å². The highest BCUT2D eigenvalue weighted by Crippen LogP contribution is 2.22.